The van der Waals surface area contributed by atoms with E-state index in [9.17, 15) is 0 Å². The molecule has 2 heterocycles. The molecule has 0 bridgehead atoms. The van der Waals surface area contributed by atoms with E-state index in [1.54, 1.807) is 0 Å². The fourth-order valence-corrected chi connectivity index (χ4v) is 2.40. The zero-order valence-corrected chi connectivity index (χ0v) is 10.4. The number of hydrogen-bond donors (Lipinski definition) is 2. The van der Waals surface area contributed by atoms with Crippen molar-refractivity contribution in [2.45, 2.75) is 51.3 Å². The highest BCUT2D eigenvalue weighted by Gasteiger charge is 2.23. The highest BCUT2D eigenvalue weighted by Crippen LogP contribution is 2.24. The highest BCUT2D eigenvalue weighted by atomic mass is 16.5. The van der Waals surface area contributed by atoms with E-state index in [0.717, 1.165) is 44.5 Å². The Bertz CT molecular complexity index is 333. The second kappa shape index (κ2) is 6.14. The van der Waals surface area contributed by atoms with Gasteiger partial charge in [-0.25, -0.2) is 0 Å². The molecule has 3 N–H and O–H groups in total. The fraction of sp³-hybridized carbons (Fsp3) is 0.750. The van der Waals surface area contributed by atoms with Crippen LogP contribution in [0.2, 0.25) is 0 Å². The number of aryl methyl sites for hydroxylation is 1. The Morgan fingerprint density at radius 1 is 1.71 bits per heavy atom. The minimum Gasteiger partial charge on any atom is -0.378 e. The molecule has 0 aliphatic carbocycles. The van der Waals surface area contributed by atoms with Gasteiger partial charge in [-0.2, -0.15) is 5.10 Å². The molecule has 1 aliphatic heterocycles. The lowest BCUT2D eigenvalue weighted by atomic mass is 10.0. The molecule has 1 aromatic heterocycles. The smallest absolute Gasteiger partial charge is 0.0653 e. The predicted molar refractivity (Wildman–Crippen MR) is 66.2 cm³/mol. The van der Waals surface area contributed by atoms with Gasteiger partial charge in [-0.05, 0) is 31.7 Å². The normalized spacial score (nSPS) is 21.9. The van der Waals surface area contributed by atoms with Crippen LogP contribution in [0.4, 0.5) is 0 Å². The molecule has 0 spiro atoms. The number of hydrazine groups is 1. The molecule has 0 amide bonds. The van der Waals surface area contributed by atoms with Crippen LogP contribution in [0, 0.1) is 0 Å². The molecule has 1 aliphatic rings. The van der Waals surface area contributed by atoms with Gasteiger partial charge in [0.2, 0.25) is 0 Å². The lowest BCUT2D eigenvalue weighted by Crippen LogP contribution is -2.32. The van der Waals surface area contributed by atoms with Crippen molar-refractivity contribution in [3.05, 3.63) is 18.0 Å². The number of ether oxygens (including phenoxy) is 1. The third-order valence-electron chi connectivity index (χ3n) is 3.27. The Morgan fingerprint density at radius 2 is 2.59 bits per heavy atom. The summed E-state index contributed by atoms with van der Waals surface area (Å²) in [6.07, 6.45) is 6.47. The second-order valence-electron chi connectivity index (χ2n) is 4.57. The van der Waals surface area contributed by atoms with Crippen LogP contribution >= 0.6 is 0 Å². The van der Waals surface area contributed by atoms with E-state index >= 15 is 0 Å². The Kier molecular flexibility index (Phi) is 4.53. The van der Waals surface area contributed by atoms with E-state index < -0.39 is 0 Å². The van der Waals surface area contributed by atoms with E-state index in [1.165, 1.54) is 0 Å². The Morgan fingerprint density at radius 3 is 3.24 bits per heavy atom. The van der Waals surface area contributed by atoms with E-state index in [4.69, 9.17) is 10.6 Å². The quantitative estimate of drug-likeness (QED) is 0.580. The lowest BCUT2D eigenvalue weighted by molar-refractivity contribution is 0.0936. The maximum atomic E-state index is 5.66. The van der Waals surface area contributed by atoms with Crippen molar-refractivity contribution >= 4 is 0 Å². The molecule has 0 radical (unpaired) electrons. The summed E-state index contributed by atoms with van der Waals surface area (Å²) in [5.41, 5.74) is 4.05. The standard InChI is InChI=1S/C12H22N4O/c1-2-7-16-12(5-6-14-16)11(15-13)9-10-4-3-8-17-10/h5-6,10-11,15H,2-4,7-9,13H2,1H3. The molecule has 96 valence electrons. The number of hydrogen-bond acceptors (Lipinski definition) is 4. The Balaban J connectivity index is 2.02. The molecular formula is C12H22N4O. The van der Waals surface area contributed by atoms with Gasteiger partial charge in [-0.15, -0.1) is 0 Å². The van der Waals surface area contributed by atoms with Gasteiger partial charge in [-0.1, -0.05) is 6.92 Å². The van der Waals surface area contributed by atoms with E-state index in [0.29, 0.717) is 6.10 Å². The van der Waals surface area contributed by atoms with Crippen LogP contribution in [0.15, 0.2) is 12.3 Å². The number of nitrogens with two attached hydrogens (primary N) is 1. The van der Waals surface area contributed by atoms with Crippen LogP contribution in [-0.4, -0.2) is 22.5 Å². The van der Waals surface area contributed by atoms with Crippen LogP contribution in [0.3, 0.4) is 0 Å². The van der Waals surface area contributed by atoms with Gasteiger partial charge in [-0.3, -0.25) is 16.0 Å². The molecule has 1 aromatic rings. The predicted octanol–water partition coefficient (Wildman–Crippen LogP) is 1.37. The van der Waals surface area contributed by atoms with Crippen molar-refractivity contribution in [1.29, 1.82) is 0 Å². The highest BCUT2D eigenvalue weighted by molar-refractivity contribution is 5.07. The fourth-order valence-electron chi connectivity index (χ4n) is 2.40. The van der Waals surface area contributed by atoms with Gasteiger partial charge in [0.25, 0.3) is 0 Å². The Labute approximate surface area is 102 Å². The second-order valence-corrected chi connectivity index (χ2v) is 4.57. The SMILES string of the molecule is CCCn1nccc1C(CC1CCCO1)NN. The van der Waals surface area contributed by atoms with Crippen molar-refractivity contribution in [3.63, 3.8) is 0 Å². The summed E-state index contributed by atoms with van der Waals surface area (Å²) in [7, 11) is 0. The van der Waals surface area contributed by atoms with Crippen LogP contribution in [0.5, 0.6) is 0 Å². The van der Waals surface area contributed by atoms with Crippen LogP contribution in [0.25, 0.3) is 0 Å². The van der Waals surface area contributed by atoms with Gasteiger partial charge >= 0.3 is 0 Å². The summed E-state index contributed by atoms with van der Waals surface area (Å²) in [4.78, 5) is 0. The molecule has 2 atom stereocenters. The maximum absolute atomic E-state index is 5.66. The summed E-state index contributed by atoms with van der Waals surface area (Å²) in [6.45, 7) is 3.97. The summed E-state index contributed by atoms with van der Waals surface area (Å²) in [5, 5.41) is 4.33. The minimum atomic E-state index is 0.132. The van der Waals surface area contributed by atoms with Gasteiger partial charge in [0.1, 0.15) is 0 Å². The minimum absolute atomic E-state index is 0.132. The number of nitrogens with one attached hydrogen (secondary N) is 1. The molecule has 17 heavy (non-hydrogen) atoms. The van der Waals surface area contributed by atoms with E-state index in [-0.39, 0.29) is 6.04 Å². The zero-order valence-electron chi connectivity index (χ0n) is 10.4. The first-order valence-corrected chi connectivity index (χ1v) is 6.44. The van der Waals surface area contributed by atoms with Crippen LogP contribution < -0.4 is 11.3 Å². The average Bonchev–Trinajstić information content (AvgIpc) is 2.97. The first-order valence-electron chi connectivity index (χ1n) is 6.44. The number of aromatic nitrogens is 2. The topological polar surface area (TPSA) is 65.1 Å². The van der Waals surface area contributed by atoms with E-state index in [1.807, 2.05) is 16.9 Å². The molecule has 5 nitrogen and oxygen atoms in total. The molecular weight excluding hydrogens is 216 g/mol. The van der Waals surface area contributed by atoms with Gasteiger partial charge in [0.15, 0.2) is 0 Å². The van der Waals surface area contributed by atoms with Crippen LogP contribution in [-0.2, 0) is 11.3 Å². The maximum Gasteiger partial charge on any atom is 0.0653 e. The largest absolute Gasteiger partial charge is 0.378 e. The molecule has 1 fully saturated rings. The molecule has 1 saturated heterocycles. The summed E-state index contributed by atoms with van der Waals surface area (Å²) >= 11 is 0. The molecule has 5 heteroatoms. The van der Waals surface area contributed by atoms with Crippen LogP contribution in [0.1, 0.15) is 44.3 Å². The van der Waals surface area contributed by atoms with Crippen molar-refractivity contribution in [1.82, 2.24) is 15.2 Å². The van der Waals surface area contributed by atoms with Gasteiger partial charge < -0.3 is 4.74 Å². The summed E-state index contributed by atoms with van der Waals surface area (Å²) in [6, 6.07) is 2.17. The van der Waals surface area contributed by atoms with Crippen molar-refractivity contribution in [2.75, 3.05) is 6.61 Å². The van der Waals surface area contributed by atoms with Crippen molar-refractivity contribution in [3.8, 4) is 0 Å². The average molecular weight is 238 g/mol. The zero-order chi connectivity index (χ0) is 12.1. The molecule has 0 aromatic carbocycles. The molecule has 2 unspecified atom stereocenters. The summed E-state index contributed by atoms with van der Waals surface area (Å²) in [5.74, 6) is 5.66. The van der Waals surface area contributed by atoms with Crippen molar-refractivity contribution < 1.29 is 4.74 Å². The molecule has 2 rings (SSSR count). The third kappa shape index (κ3) is 3.06. The Hall–Kier alpha value is -0.910. The monoisotopic (exact) mass is 238 g/mol. The first-order chi connectivity index (χ1) is 8.35. The third-order valence-corrected chi connectivity index (χ3v) is 3.27. The van der Waals surface area contributed by atoms with Gasteiger partial charge in [0, 0.05) is 19.3 Å². The van der Waals surface area contributed by atoms with Gasteiger partial charge in [0.05, 0.1) is 17.8 Å². The summed E-state index contributed by atoms with van der Waals surface area (Å²) < 4.78 is 7.69. The first kappa shape index (κ1) is 12.5. The lowest BCUT2D eigenvalue weighted by Gasteiger charge is -2.20. The van der Waals surface area contributed by atoms with E-state index in [2.05, 4.69) is 17.4 Å². The number of nitrogens with zero attached hydrogens (tertiary/aromatic N) is 2. The molecule has 0 saturated carbocycles. The number of rotatable bonds is 6. The van der Waals surface area contributed by atoms with Crippen molar-refractivity contribution in [2.24, 2.45) is 5.84 Å².